The van der Waals surface area contributed by atoms with Gasteiger partial charge < -0.3 is 10.6 Å². The van der Waals surface area contributed by atoms with E-state index in [0.29, 0.717) is 0 Å². The molecule has 4 heteroatoms. The Morgan fingerprint density at radius 2 is 2.26 bits per heavy atom. The molecule has 0 atom stereocenters. The molecule has 2 aromatic rings. The molecule has 2 N–H and O–H groups in total. The van der Waals surface area contributed by atoms with Crippen LogP contribution >= 0.6 is 11.3 Å². The molecule has 0 bridgehead atoms. The highest BCUT2D eigenvalue weighted by atomic mass is 32.1. The minimum Gasteiger partial charge on any atom is -0.321 e. The minimum atomic E-state index is -0.00789. The van der Waals surface area contributed by atoms with Crippen LogP contribution in [0.25, 0.3) is 0 Å². The average Bonchev–Trinajstić information content (AvgIpc) is 2.85. The van der Waals surface area contributed by atoms with Gasteiger partial charge in [-0.1, -0.05) is 12.1 Å². The van der Waals surface area contributed by atoms with Crippen molar-refractivity contribution in [3.63, 3.8) is 0 Å². The number of carbonyl (C=O) groups excluding carboxylic acids is 1. The Labute approximate surface area is 116 Å². The summed E-state index contributed by atoms with van der Waals surface area (Å²) in [7, 11) is 0. The summed E-state index contributed by atoms with van der Waals surface area (Å²) in [5.41, 5.74) is 4.52. The Balaban J connectivity index is 1.88. The molecule has 0 fully saturated rings. The number of fused-ring (bicyclic) bond motifs is 1. The molecule has 3 nitrogen and oxygen atoms in total. The first-order chi connectivity index (χ1) is 9.25. The Hall–Kier alpha value is -1.65. The zero-order chi connectivity index (χ0) is 13.2. The van der Waals surface area contributed by atoms with E-state index in [9.17, 15) is 4.79 Å². The van der Waals surface area contributed by atoms with E-state index in [1.165, 1.54) is 22.5 Å². The first kappa shape index (κ1) is 12.4. The molecule has 1 amide bonds. The molecule has 0 radical (unpaired) electrons. The van der Waals surface area contributed by atoms with Crippen LogP contribution in [-0.4, -0.2) is 12.5 Å². The Kier molecular flexibility index (Phi) is 3.36. The lowest BCUT2D eigenvalue weighted by Gasteiger charge is -2.20. The summed E-state index contributed by atoms with van der Waals surface area (Å²) in [5, 5.41) is 8.35. The van der Waals surface area contributed by atoms with Gasteiger partial charge in [-0.15, -0.1) is 11.3 Å². The van der Waals surface area contributed by atoms with Gasteiger partial charge in [-0.05, 0) is 54.1 Å². The van der Waals surface area contributed by atoms with Gasteiger partial charge in [0.2, 0.25) is 0 Å². The Morgan fingerprint density at radius 3 is 3.05 bits per heavy atom. The molecule has 0 unspecified atom stereocenters. The third-order valence-electron chi connectivity index (χ3n) is 3.46. The van der Waals surface area contributed by atoms with Gasteiger partial charge in [0.1, 0.15) is 0 Å². The number of carbonyl (C=O) groups is 1. The lowest BCUT2D eigenvalue weighted by Crippen LogP contribution is -2.25. The molecular formula is C15H16N2OS. The molecule has 98 valence electrons. The predicted octanol–water partition coefficient (Wildman–Crippen LogP) is 2.95. The van der Waals surface area contributed by atoms with Crippen LogP contribution in [0.4, 0.5) is 5.69 Å². The second-order valence-electron chi connectivity index (χ2n) is 4.76. The number of anilines is 1. The summed E-state index contributed by atoms with van der Waals surface area (Å²) in [6, 6.07) is 8.11. The molecule has 0 saturated heterocycles. The normalized spacial score (nSPS) is 13.9. The number of thiophene rings is 1. The quantitative estimate of drug-likeness (QED) is 0.882. The molecule has 1 aromatic heterocycles. The second kappa shape index (κ2) is 5.15. The van der Waals surface area contributed by atoms with Crippen molar-refractivity contribution in [3.8, 4) is 0 Å². The first-order valence-corrected chi connectivity index (χ1v) is 7.30. The van der Waals surface area contributed by atoms with Crippen molar-refractivity contribution in [2.75, 3.05) is 11.9 Å². The summed E-state index contributed by atoms with van der Waals surface area (Å²) >= 11 is 1.49. The van der Waals surface area contributed by atoms with Gasteiger partial charge in [-0.3, -0.25) is 4.79 Å². The number of amides is 1. The van der Waals surface area contributed by atoms with E-state index >= 15 is 0 Å². The van der Waals surface area contributed by atoms with Crippen molar-refractivity contribution in [1.29, 1.82) is 0 Å². The number of benzene rings is 1. The third kappa shape index (κ3) is 2.41. The van der Waals surface area contributed by atoms with Crippen LogP contribution in [0.1, 0.15) is 26.4 Å². The number of aryl methyl sites for hydroxylation is 1. The molecule has 19 heavy (non-hydrogen) atoms. The maximum absolute atomic E-state index is 12.3. The first-order valence-electron chi connectivity index (χ1n) is 6.42. The summed E-state index contributed by atoms with van der Waals surface area (Å²) in [4.78, 5) is 13.1. The third-order valence-corrected chi connectivity index (χ3v) is 4.48. The molecular weight excluding hydrogens is 256 g/mol. The predicted molar refractivity (Wildman–Crippen MR) is 78.9 cm³/mol. The van der Waals surface area contributed by atoms with Gasteiger partial charge in [0.15, 0.2) is 0 Å². The SMILES string of the molecule is Cc1ccsc1C(=O)Nc1cccc2c1CNCC2. The van der Waals surface area contributed by atoms with Crippen LogP contribution in [0, 0.1) is 6.92 Å². The largest absolute Gasteiger partial charge is 0.321 e. The van der Waals surface area contributed by atoms with Crippen LogP contribution in [0.5, 0.6) is 0 Å². The Bertz CT molecular complexity index is 618. The van der Waals surface area contributed by atoms with Crippen LogP contribution in [0.3, 0.4) is 0 Å². The van der Waals surface area contributed by atoms with Gasteiger partial charge in [-0.2, -0.15) is 0 Å². The lowest BCUT2D eigenvalue weighted by molar-refractivity contribution is 0.103. The van der Waals surface area contributed by atoms with Crippen LogP contribution < -0.4 is 10.6 Å². The van der Waals surface area contributed by atoms with Gasteiger partial charge >= 0.3 is 0 Å². The maximum atomic E-state index is 12.3. The van der Waals surface area contributed by atoms with E-state index in [1.807, 2.05) is 30.5 Å². The molecule has 0 spiro atoms. The fraction of sp³-hybridized carbons (Fsp3) is 0.267. The number of rotatable bonds is 2. The topological polar surface area (TPSA) is 41.1 Å². The van der Waals surface area contributed by atoms with E-state index in [1.54, 1.807) is 0 Å². The molecule has 2 heterocycles. The van der Waals surface area contributed by atoms with Crippen molar-refractivity contribution in [1.82, 2.24) is 5.32 Å². The van der Waals surface area contributed by atoms with Crippen molar-refractivity contribution in [3.05, 3.63) is 51.2 Å². The van der Waals surface area contributed by atoms with Gasteiger partial charge in [0.25, 0.3) is 5.91 Å². The molecule has 1 aromatic carbocycles. The van der Waals surface area contributed by atoms with Crippen LogP contribution in [-0.2, 0) is 13.0 Å². The zero-order valence-electron chi connectivity index (χ0n) is 10.8. The van der Waals surface area contributed by atoms with Gasteiger partial charge in [0.05, 0.1) is 4.88 Å². The molecule has 0 saturated carbocycles. The van der Waals surface area contributed by atoms with Crippen molar-refractivity contribution >= 4 is 22.9 Å². The number of hydrogen-bond donors (Lipinski definition) is 2. The summed E-state index contributed by atoms with van der Waals surface area (Å²) in [6.45, 7) is 3.80. The molecule has 1 aliphatic rings. The van der Waals surface area contributed by atoms with E-state index in [2.05, 4.69) is 16.7 Å². The monoisotopic (exact) mass is 272 g/mol. The fourth-order valence-electron chi connectivity index (χ4n) is 2.42. The highest BCUT2D eigenvalue weighted by Gasteiger charge is 2.16. The second-order valence-corrected chi connectivity index (χ2v) is 5.67. The van der Waals surface area contributed by atoms with Crippen molar-refractivity contribution in [2.24, 2.45) is 0 Å². The molecule has 0 aliphatic carbocycles. The van der Waals surface area contributed by atoms with Crippen LogP contribution in [0.2, 0.25) is 0 Å². The minimum absolute atomic E-state index is 0.00789. The highest BCUT2D eigenvalue weighted by molar-refractivity contribution is 7.12. The summed E-state index contributed by atoms with van der Waals surface area (Å²) in [6.07, 6.45) is 1.02. The van der Waals surface area contributed by atoms with E-state index in [4.69, 9.17) is 0 Å². The maximum Gasteiger partial charge on any atom is 0.266 e. The van der Waals surface area contributed by atoms with Crippen molar-refractivity contribution < 1.29 is 4.79 Å². The van der Waals surface area contributed by atoms with Gasteiger partial charge in [-0.25, -0.2) is 0 Å². The average molecular weight is 272 g/mol. The van der Waals surface area contributed by atoms with E-state index < -0.39 is 0 Å². The zero-order valence-corrected chi connectivity index (χ0v) is 11.6. The molecule has 3 rings (SSSR count). The van der Waals surface area contributed by atoms with Gasteiger partial charge in [0, 0.05) is 12.2 Å². The van der Waals surface area contributed by atoms with E-state index in [0.717, 1.165) is 35.6 Å². The van der Waals surface area contributed by atoms with E-state index in [-0.39, 0.29) is 5.91 Å². The number of hydrogen-bond acceptors (Lipinski definition) is 3. The highest BCUT2D eigenvalue weighted by Crippen LogP contribution is 2.24. The summed E-state index contributed by atoms with van der Waals surface area (Å²) < 4.78 is 0. The van der Waals surface area contributed by atoms with Crippen molar-refractivity contribution in [2.45, 2.75) is 19.9 Å². The van der Waals surface area contributed by atoms with Crippen LogP contribution in [0.15, 0.2) is 29.6 Å². The smallest absolute Gasteiger partial charge is 0.266 e. The Morgan fingerprint density at radius 1 is 1.37 bits per heavy atom. The summed E-state index contributed by atoms with van der Waals surface area (Å²) in [5.74, 6) is -0.00789. The standard InChI is InChI=1S/C15H16N2OS/c1-10-6-8-19-14(10)15(18)17-13-4-2-3-11-5-7-16-9-12(11)13/h2-4,6,8,16H,5,7,9H2,1H3,(H,17,18). The fourth-order valence-corrected chi connectivity index (χ4v) is 3.24. The number of nitrogens with one attached hydrogen (secondary N) is 2. The molecule has 1 aliphatic heterocycles. The lowest BCUT2D eigenvalue weighted by atomic mass is 9.99.